The minimum absolute atomic E-state index is 0.934. The van der Waals surface area contributed by atoms with Crippen molar-refractivity contribution in [2.24, 2.45) is 0 Å². The van der Waals surface area contributed by atoms with Gasteiger partial charge < -0.3 is 5.32 Å². The molecule has 0 amide bonds. The van der Waals surface area contributed by atoms with Crippen molar-refractivity contribution in [3.63, 3.8) is 0 Å². The Morgan fingerprint density at radius 1 is 1.00 bits per heavy atom. The highest BCUT2D eigenvalue weighted by atomic mass is 14.8. The maximum Gasteiger partial charge on any atom is -0.0395 e. The molecule has 0 aromatic heterocycles. The van der Waals surface area contributed by atoms with Gasteiger partial charge in [0.25, 0.3) is 0 Å². The van der Waals surface area contributed by atoms with Crippen LogP contribution >= 0.6 is 0 Å². The van der Waals surface area contributed by atoms with Crippen LogP contribution in [0, 0.1) is 20.8 Å². The zero-order valence-electron chi connectivity index (χ0n) is 9.02. The highest BCUT2D eigenvalue weighted by Crippen LogP contribution is 2.15. The van der Waals surface area contributed by atoms with Gasteiger partial charge in [0.05, 0.1) is 0 Å². The predicted octanol–water partition coefficient (Wildman–Crippen LogP) is 3.16. The highest BCUT2D eigenvalue weighted by Gasteiger charge is 1.99. The molecule has 0 saturated heterocycles. The van der Waals surface area contributed by atoms with Crippen LogP contribution in [0.15, 0.2) is 12.1 Å². The van der Waals surface area contributed by atoms with Gasteiger partial charge in [0.15, 0.2) is 0 Å². The Morgan fingerprint density at radius 3 is 2.23 bits per heavy atom. The van der Waals surface area contributed by atoms with E-state index >= 15 is 0 Å². The van der Waals surface area contributed by atoms with Gasteiger partial charge in [-0.15, -0.1) is 6.54 Å². The lowest BCUT2D eigenvalue weighted by Gasteiger charge is -2.14. The molecule has 0 saturated carbocycles. The summed E-state index contributed by atoms with van der Waals surface area (Å²) in [6.45, 7) is 7.44. The molecule has 0 radical (unpaired) electrons. The van der Waals surface area contributed by atoms with Crippen molar-refractivity contribution < 1.29 is 0 Å². The molecule has 0 unspecified atom stereocenters. The van der Waals surface area contributed by atoms with E-state index in [2.05, 4.69) is 38.2 Å². The summed E-state index contributed by atoms with van der Waals surface area (Å²) in [6.07, 6.45) is 1.07. The van der Waals surface area contributed by atoms with Crippen molar-refractivity contribution in [3.8, 4) is 0 Å². The SMILES string of the molecule is C[N-]CCc1cc(C)c(C)cc1C. The molecule has 0 aliphatic carbocycles. The second-order valence-electron chi connectivity index (χ2n) is 3.65. The summed E-state index contributed by atoms with van der Waals surface area (Å²) in [7, 11) is 1.87. The molecule has 13 heavy (non-hydrogen) atoms. The zero-order chi connectivity index (χ0) is 9.84. The Balaban J connectivity index is 2.88. The van der Waals surface area contributed by atoms with Crippen molar-refractivity contribution in [3.05, 3.63) is 39.7 Å². The molecule has 1 aromatic carbocycles. The lowest BCUT2D eigenvalue weighted by Crippen LogP contribution is -1.96. The Hall–Kier alpha value is -0.820. The number of benzene rings is 1. The summed E-state index contributed by atoms with van der Waals surface area (Å²) < 4.78 is 0. The second-order valence-corrected chi connectivity index (χ2v) is 3.65. The van der Waals surface area contributed by atoms with Crippen LogP contribution in [0.5, 0.6) is 0 Å². The van der Waals surface area contributed by atoms with E-state index in [1.807, 2.05) is 7.05 Å². The molecule has 1 nitrogen and oxygen atoms in total. The van der Waals surface area contributed by atoms with Gasteiger partial charge in [-0.25, -0.2) is 0 Å². The molecular formula is C12H18N-. The van der Waals surface area contributed by atoms with Crippen LogP contribution in [0.4, 0.5) is 0 Å². The van der Waals surface area contributed by atoms with Crippen molar-refractivity contribution in [2.45, 2.75) is 27.2 Å². The van der Waals surface area contributed by atoms with E-state index in [9.17, 15) is 0 Å². The molecule has 0 atom stereocenters. The minimum Gasteiger partial charge on any atom is -0.665 e. The van der Waals surface area contributed by atoms with E-state index < -0.39 is 0 Å². The molecule has 0 fully saturated rings. The summed E-state index contributed by atoms with van der Waals surface area (Å²) in [5.41, 5.74) is 5.60. The highest BCUT2D eigenvalue weighted by molar-refractivity contribution is 5.36. The molecule has 0 aliphatic heterocycles. The van der Waals surface area contributed by atoms with Gasteiger partial charge in [0, 0.05) is 0 Å². The van der Waals surface area contributed by atoms with Gasteiger partial charge in [0.2, 0.25) is 0 Å². The third-order valence-electron chi connectivity index (χ3n) is 2.56. The standard InChI is InChI=1S/C12H18N/c1-9-7-11(3)12(5-6-13-4)8-10(9)2/h7-8H,5-6H2,1-4H3/q-1. The summed E-state index contributed by atoms with van der Waals surface area (Å²) in [6, 6.07) is 4.55. The average Bonchev–Trinajstić information content (AvgIpc) is 2.09. The summed E-state index contributed by atoms with van der Waals surface area (Å²) in [5.74, 6) is 0. The van der Waals surface area contributed by atoms with E-state index in [1.54, 1.807) is 0 Å². The molecular weight excluding hydrogens is 158 g/mol. The van der Waals surface area contributed by atoms with Gasteiger partial charge in [-0.05, 0) is 49.4 Å². The van der Waals surface area contributed by atoms with Gasteiger partial charge in [-0.3, -0.25) is 0 Å². The Labute approximate surface area is 81.2 Å². The number of likely N-dealkylation sites (N-methyl/N-ethyl adjacent to an activating group) is 1. The van der Waals surface area contributed by atoms with Crippen LogP contribution in [0.25, 0.3) is 5.32 Å². The molecule has 0 aliphatic rings. The molecule has 0 heterocycles. The number of aryl methyl sites for hydroxylation is 3. The summed E-state index contributed by atoms with van der Waals surface area (Å²) >= 11 is 0. The summed E-state index contributed by atoms with van der Waals surface area (Å²) in [5, 5.41) is 4.12. The molecule has 1 heteroatoms. The number of nitrogens with zero attached hydrogens (tertiary/aromatic N) is 1. The number of hydrogen-bond acceptors (Lipinski definition) is 0. The Kier molecular flexibility index (Phi) is 3.49. The zero-order valence-corrected chi connectivity index (χ0v) is 9.02. The Bertz CT molecular complexity index is 289. The maximum atomic E-state index is 4.12. The van der Waals surface area contributed by atoms with Crippen LogP contribution in [0.2, 0.25) is 0 Å². The first-order valence-electron chi connectivity index (χ1n) is 4.77. The fourth-order valence-electron chi connectivity index (χ4n) is 1.52. The lowest BCUT2D eigenvalue weighted by molar-refractivity contribution is 1.02. The van der Waals surface area contributed by atoms with Gasteiger partial charge in [-0.1, -0.05) is 12.1 Å². The smallest absolute Gasteiger partial charge is 0.0395 e. The average molecular weight is 176 g/mol. The topological polar surface area (TPSA) is 14.1 Å². The predicted molar refractivity (Wildman–Crippen MR) is 58.5 cm³/mol. The van der Waals surface area contributed by atoms with Crippen molar-refractivity contribution in [1.82, 2.24) is 0 Å². The second kappa shape index (κ2) is 4.43. The van der Waals surface area contributed by atoms with Crippen molar-refractivity contribution in [1.29, 1.82) is 0 Å². The van der Waals surface area contributed by atoms with Gasteiger partial charge in [0.1, 0.15) is 0 Å². The fourth-order valence-corrected chi connectivity index (χ4v) is 1.52. The van der Waals surface area contributed by atoms with Crippen molar-refractivity contribution in [2.75, 3.05) is 13.6 Å². The largest absolute Gasteiger partial charge is 0.665 e. The molecule has 72 valence electrons. The first-order chi connectivity index (χ1) is 6.15. The molecule has 0 N–H and O–H groups in total. The van der Waals surface area contributed by atoms with E-state index in [0.717, 1.165) is 13.0 Å². The molecule has 0 bridgehead atoms. The summed E-state index contributed by atoms with van der Waals surface area (Å²) in [4.78, 5) is 0. The maximum absolute atomic E-state index is 4.12. The van der Waals surface area contributed by atoms with Gasteiger partial charge >= 0.3 is 0 Å². The quantitative estimate of drug-likeness (QED) is 0.671. The monoisotopic (exact) mass is 176 g/mol. The van der Waals surface area contributed by atoms with Crippen LogP contribution in [-0.2, 0) is 6.42 Å². The number of hydrogen-bond donors (Lipinski definition) is 0. The number of rotatable bonds is 3. The molecule has 0 spiro atoms. The molecule has 1 aromatic rings. The van der Waals surface area contributed by atoms with Crippen LogP contribution in [-0.4, -0.2) is 13.6 Å². The van der Waals surface area contributed by atoms with Crippen molar-refractivity contribution >= 4 is 0 Å². The first kappa shape index (κ1) is 10.3. The van der Waals surface area contributed by atoms with E-state index in [0.29, 0.717) is 0 Å². The normalized spacial score (nSPS) is 10.5. The minimum atomic E-state index is 0.934. The van der Waals surface area contributed by atoms with E-state index in [1.165, 1.54) is 22.3 Å². The third-order valence-corrected chi connectivity index (χ3v) is 2.56. The van der Waals surface area contributed by atoms with E-state index in [-0.39, 0.29) is 0 Å². The third kappa shape index (κ3) is 2.56. The Morgan fingerprint density at radius 2 is 1.62 bits per heavy atom. The van der Waals surface area contributed by atoms with E-state index in [4.69, 9.17) is 0 Å². The van der Waals surface area contributed by atoms with Crippen LogP contribution in [0.1, 0.15) is 22.3 Å². The lowest BCUT2D eigenvalue weighted by atomic mass is 9.99. The van der Waals surface area contributed by atoms with Gasteiger partial charge in [-0.2, -0.15) is 7.05 Å². The first-order valence-corrected chi connectivity index (χ1v) is 4.77. The van der Waals surface area contributed by atoms with Crippen LogP contribution < -0.4 is 0 Å². The molecule has 1 rings (SSSR count). The fraction of sp³-hybridized carbons (Fsp3) is 0.500. The van der Waals surface area contributed by atoms with Crippen LogP contribution in [0.3, 0.4) is 0 Å².